The molecule has 0 unspecified atom stereocenters. The number of anilines is 1. The number of ether oxygens (including phenoxy) is 2. The third kappa shape index (κ3) is 4.73. The van der Waals surface area contributed by atoms with Crippen LogP contribution in [-0.2, 0) is 14.8 Å². The molecule has 0 aliphatic rings. The number of benzene rings is 2. The van der Waals surface area contributed by atoms with Crippen molar-refractivity contribution >= 4 is 21.7 Å². The Morgan fingerprint density at radius 1 is 1.04 bits per heavy atom. The van der Waals surface area contributed by atoms with Crippen molar-refractivity contribution in [2.45, 2.75) is 25.7 Å². The van der Waals surface area contributed by atoms with Crippen LogP contribution in [0.3, 0.4) is 0 Å². The standard InChI is InChI=1S/C18H21NO5S/c1-4-23-17-12-14(18(20)24-5-2)8-11-16(17)19-25(21,22)15-9-6-13(3)7-10-15/h6-12,19H,4-5H2,1-3H3. The molecule has 7 heteroatoms. The fourth-order valence-electron chi connectivity index (χ4n) is 2.14. The highest BCUT2D eigenvalue weighted by atomic mass is 32.2. The summed E-state index contributed by atoms with van der Waals surface area (Å²) in [5, 5.41) is 0. The lowest BCUT2D eigenvalue weighted by Crippen LogP contribution is -2.14. The molecule has 0 aromatic heterocycles. The lowest BCUT2D eigenvalue weighted by Gasteiger charge is -2.14. The van der Waals surface area contributed by atoms with E-state index in [1.54, 1.807) is 26.0 Å². The van der Waals surface area contributed by atoms with Crippen LogP contribution in [0.4, 0.5) is 5.69 Å². The monoisotopic (exact) mass is 363 g/mol. The summed E-state index contributed by atoms with van der Waals surface area (Å²) in [6.07, 6.45) is 0. The first-order valence-electron chi connectivity index (χ1n) is 7.90. The van der Waals surface area contributed by atoms with E-state index in [1.807, 2.05) is 6.92 Å². The topological polar surface area (TPSA) is 81.7 Å². The predicted octanol–water partition coefficient (Wildman–Crippen LogP) is 3.37. The maximum absolute atomic E-state index is 12.5. The van der Waals surface area contributed by atoms with Gasteiger partial charge in [0.1, 0.15) is 5.75 Å². The molecule has 0 atom stereocenters. The van der Waals surface area contributed by atoms with E-state index in [4.69, 9.17) is 9.47 Å². The van der Waals surface area contributed by atoms with E-state index in [0.717, 1.165) is 5.56 Å². The fraction of sp³-hybridized carbons (Fsp3) is 0.278. The van der Waals surface area contributed by atoms with E-state index in [9.17, 15) is 13.2 Å². The van der Waals surface area contributed by atoms with Crippen LogP contribution < -0.4 is 9.46 Å². The van der Waals surface area contributed by atoms with Crippen molar-refractivity contribution in [3.8, 4) is 5.75 Å². The molecular formula is C18H21NO5S. The molecule has 0 saturated heterocycles. The summed E-state index contributed by atoms with van der Waals surface area (Å²) >= 11 is 0. The van der Waals surface area contributed by atoms with Crippen LogP contribution in [-0.4, -0.2) is 27.6 Å². The molecular weight excluding hydrogens is 342 g/mol. The molecule has 0 radical (unpaired) electrons. The van der Waals surface area contributed by atoms with Crippen molar-refractivity contribution in [2.75, 3.05) is 17.9 Å². The van der Waals surface area contributed by atoms with Crippen molar-refractivity contribution in [2.24, 2.45) is 0 Å². The van der Waals surface area contributed by atoms with Crippen LogP contribution in [0, 0.1) is 6.92 Å². The lowest BCUT2D eigenvalue weighted by atomic mass is 10.2. The van der Waals surface area contributed by atoms with Gasteiger partial charge in [0.2, 0.25) is 0 Å². The first kappa shape index (κ1) is 18.8. The van der Waals surface area contributed by atoms with Crippen LogP contribution in [0.15, 0.2) is 47.4 Å². The number of carbonyl (C=O) groups excluding carboxylic acids is 1. The Morgan fingerprint density at radius 2 is 1.72 bits per heavy atom. The Labute approximate surface area is 147 Å². The molecule has 0 aliphatic carbocycles. The zero-order valence-electron chi connectivity index (χ0n) is 14.4. The molecule has 2 aromatic rings. The Hall–Kier alpha value is -2.54. The summed E-state index contributed by atoms with van der Waals surface area (Å²) in [7, 11) is -3.76. The van der Waals surface area contributed by atoms with E-state index < -0.39 is 16.0 Å². The van der Waals surface area contributed by atoms with E-state index in [2.05, 4.69) is 4.72 Å². The van der Waals surface area contributed by atoms with Gasteiger partial charge in [-0.15, -0.1) is 0 Å². The molecule has 1 N–H and O–H groups in total. The van der Waals surface area contributed by atoms with Crippen molar-refractivity contribution in [1.29, 1.82) is 0 Å². The molecule has 0 saturated carbocycles. The first-order valence-corrected chi connectivity index (χ1v) is 9.39. The second-order valence-corrected chi connectivity index (χ2v) is 6.97. The van der Waals surface area contributed by atoms with E-state index in [-0.39, 0.29) is 22.9 Å². The van der Waals surface area contributed by atoms with Crippen molar-refractivity contribution in [3.05, 3.63) is 53.6 Å². The third-order valence-electron chi connectivity index (χ3n) is 3.37. The highest BCUT2D eigenvalue weighted by Crippen LogP contribution is 2.29. The van der Waals surface area contributed by atoms with Gasteiger partial charge in [0.25, 0.3) is 10.0 Å². The molecule has 0 aliphatic heterocycles. The number of hydrogen-bond acceptors (Lipinski definition) is 5. The number of nitrogens with one attached hydrogen (secondary N) is 1. The van der Waals surface area contributed by atoms with Gasteiger partial charge < -0.3 is 9.47 Å². The molecule has 25 heavy (non-hydrogen) atoms. The normalized spacial score (nSPS) is 11.0. The number of carbonyl (C=O) groups is 1. The van der Waals surface area contributed by atoms with E-state index >= 15 is 0 Å². The van der Waals surface area contributed by atoms with Crippen LogP contribution in [0.5, 0.6) is 5.75 Å². The van der Waals surface area contributed by atoms with Gasteiger partial charge in [-0.25, -0.2) is 13.2 Å². The van der Waals surface area contributed by atoms with Gasteiger partial charge >= 0.3 is 5.97 Å². The number of aryl methyl sites for hydroxylation is 1. The van der Waals surface area contributed by atoms with Crippen LogP contribution >= 0.6 is 0 Å². The van der Waals surface area contributed by atoms with Crippen LogP contribution in [0.25, 0.3) is 0 Å². The molecule has 6 nitrogen and oxygen atoms in total. The fourth-order valence-corrected chi connectivity index (χ4v) is 3.21. The molecule has 0 bridgehead atoms. The SMILES string of the molecule is CCOC(=O)c1ccc(NS(=O)(=O)c2ccc(C)cc2)c(OCC)c1. The first-order chi connectivity index (χ1) is 11.9. The van der Waals surface area contributed by atoms with Crippen LogP contribution in [0.2, 0.25) is 0 Å². The molecule has 134 valence electrons. The zero-order valence-corrected chi connectivity index (χ0v) is 15.2. The van der Waals surface area contributed by atoms with E-state index in [0.29, 0.717) is 12.2 Å². The highest BCUT2D eigenvalue weighted by molar-refractivity contribution is 7.92. The molecule has 2 aromatic carbocycles. The molecule has 0 fully saturated rings. The van der Waals surface area contributed by atoms with Gasteiger partial charge in [0.05, 0.1) is 29.4 Å². The maximum Gasteiger partial charge on any atom is 0.338 e. The van der Waals surface area contributed by atoms with Gasteiger partial charge in [-0.2, -0.15) is 0 Å². The highest BCUT2D eigenvalue weighted by Gasteiger charge is 2.18. The second-order valence-electron chi connectivity index (χ2n) is 5.28. The summed E-state index contributed by atoms with van der Waals surface area (Å²) < 4.78 is 38.0. The largest absolute Gasteiger partial charge is 0.492 e. The van der Waals surface area contributed by atoms with Gasteiger partial charge in [-0.3, -0.25) is 4.72 Å². The Balaban J connectivity index is 2.34. The van der Waals surface area contributed by atoms with Crippen molar-refractivity contribution in [3.63, 3.8) is 0 Å². The summed E-state index contributed by atoms with van der Waals surface area (Å²) in [5.41, 5.74) is 1.52. The number of sulfonamides is 1. The Morgan fingerprint density at radius 3 is 2.32 bits per heavy atom. The summed E-state index contributed by atoms with van der Waals surface area (Å²) in [5.74, 6) is -0.222. The minimum atomic E-state index is -3.76. The van der Waals surface area contributed by atoms with Crippen molar-refractivity contribution in [1.82, 2.24) is 0 Å². The van der Waals surface area contributed by atoms with Gasteiger partial charge in [0.15, 0.2) is 0 Å². The van der Waals surface area contributed by atoms with Gasteiger partial charge in [-0.05, 0) is 51.1 Å². The molecule has 2 rings (SSSR count). The second kappa shape index (κ2) is 8.02. The number of hydrogen-bond donors (Lipinski definition) is 1. The van der Waals surface area contributed by atoms with Gasteiger partial charge in [0, 0.05) is 0 Å². The number of esters is 1. The van der Waals surface area contributed by atoms with Gasteiger partial charge in [-0.1, -0.05) is 17.7 Å². The quantitative estimate of drug-likeness (QED) is 0.763. The maximum atomic E-state index is 12.5. The zero-order chi connectivity index (χ0) is 18.4. The average molecular weight is 363 g/mol. The summed E-state index contributed by atoms with van der Waals surface area (Å²) in [6, 6.07) is 11.0. The van der Waals surface area contributed by atoms with E-state index in [1.165, 1.54) is 30.3 Å². The molecule has 0 amide bonds. The van der Waals surface area contributed by atoms with Crippen molar-refractivity contribution < 1.29 is 22.7 Å². The predicted molar refractivity (Wildman–Crippen MR) is 95.6 cm³/mol. The third-order valence-corrected chi connectivity index (χ3v) is 4.75. The number of rotatable bonds is 7. The average Bonchev–Trinajstić information content (AvgIpc) is 2.57. The summed E-state index contributed by atoms with van der Waals surface area (Å²) in [4.78, 5) is 12.0. The van der Waals surface area contributed by atoms with Crippen LogP contribution in [0.1, 0.15) is 29.8 Å². The minimum absolute atomic E-state index is 0.148. The minimum Gasteiger partial charge on any atom is -0.492 e. The summed E-state index contributed by atoms with van der Waals surface area (Å²) in [6.45, 7) is 5.95. The molecule has 0 heterocycles. The Kier molecular flexibility index (Phi) is 6.03. The Bertz CT molecular complexity index is 844. The lowest BCUT2D eigenvalue weighted by molar-refractivity contribution is 0.0526. The smallest absolute Gasteiger partial charge is 0.338 e. The molecule has 0 spiro atoms.